The average molecular weight is 363 g/mol. The largest absolute Gasteiger partial charge is 0.463 e. The number of rotatable bonds is 3. The molecule has 3 rings (SSSR count). The molecule has 2 aromatic rings. The molecule has 2 amide bonds. The van der Waals surface area contributed by atoms with Gasteiger partial charge < -0.3 is 15.4 Å². The van der Waals surface area contributed by atoms with Gasteiger partial charge in [-0.25, -0.2) is 14.6 Å². The van der Waals surface area contributed by atoms with Gasteiger partial charge in [-0.05, 0) is 26.0 Å². The van der Waals surface area contributed by atoms with Gasteiger partial charge in [-0.1, -0.05) is 17.7 Å². The van der Waals surface area contributed by atoms with E-state index in [0.29, 0.717) is 11.3 Å². The lowest BCUT2D eigenvalue weighted by Crippen LogP contribution is -2.47. The van der Waals surface area contributed by atoms with Gasteiger partial charge in [0.15, 0.2) is 0 Å². The number of allylic oxidation sites excluding steroid dienone is 1. The Morgan fingerprint density at radius 2 is 2.16 bits per heavy atom. The zero-order valence-corrected chi connectivity index (χ0v) is 14.3. The molecule has 130 valence electrons. The second-order valence-corrected chi connectivity index (χ2v) is 5.70. The molecule has 1 aliphatic rings. The summed E-state index contributed by atoms with van der Waals surface area (Å²) in [6, 6.07) is 3.41. The van der Waals surface area contributed by atoms with E-state index in [1.807, 2.05) is 0 Å². The van der Waals surface area contributed by atoms with E-state index in [-0.39, 0.29) is 22.9 Å². The van der Waals surface area contributed by atoms with Crippen molar-refractivity contribution < 1.29 is 14.3 Å². The van der Waals surface area contributed by atoms with Crippen LogP contribution in [-0.4, -0.2) is 28.0 Å². The van der Waals surface area contributed by atoms with Crippen molar-refractivity contribution in [1.82, 2.24) is 20.0 Å². The number of carbonyl (C=O) groups is 2. The molecule has 0 spiro atoms. The summed E-state index contributed by atoms with van der Waals surface area (Å²) < 4.78 is 6.34. The molecule has 0 aliphatic carbocycles. The molecule has 0 radical (unpaired) electrons. The summed E-state index contributed by atoms with van der Waals surface area (Å²) in [6.45, 7) is 3.37. The predicted molar refractivity (Wildman–Crippen MR) is 90.2 cm³/mol. The number of fused-ring (bicyclic) bond motifs is 1. The number of ether oxygens (including phenoxy) is 1. The van der Waals surface area contributed by atoms with Crippen LogP contribution in [0.4, 0.5) is 4.79 Å². The predicted octanol–water partition coefficient (Wildman–Crippen LogP) is 1.54. The number of carbonyl (C=O) groups excluding carboxylic acids is 2. The number of hydrogen-bond donors (Lipinski definition) is 2. The second-order valence-electron chi connectivity index (χ2n) is 5.34. The Morgan fingerprint density at radius 1 is 1.40 bits per heavy atom. The third kappa shape index (κ3) is 2.96. The van der Waals surface area contributed by atoms with Crippen LogP contribution >= 0.6 is 11.6 Å². The summed E-state index contributed by atoms with van der Waals surface area (Å²) in [6.07, 6.45) is 1.54. The van der Waals surface area contributed by atoms with Crippen molar-refractivity contribution in [1.29, 1.82) is 0 Å². The highest BCUT2D eigenvalue weighted by Gasteiger charge is 2.35. The van der Waals surface area contributed by atoms with Crippen LogP contribution in [0.1, 0.15) is 25.5 Å². The molecular weight excluding hydrogens is 348 g/mol. The van der Waals surface area contributed by atoms with Gasteiger partial charge in [0.2, 0.25) is 0 Å². The number of esters is 1. The molecule has 9 heteroatoms. The molecule has 1 aliphatic heterocycles. The summed E-state index contributed by atoms with van der Waals surface area (Å²) in [5, 5.41) is 4.97. The monoisotopic (exact) mass is 362 g/mol. The number of aromatic nitrogens is 2. The minimum absolute atomic E-state index is 0.00243. The number of hydrogen-bond acceptors (Lipinski definition) is 5. The van der Waals surface area contributed by atoms with Crippen molar-refractivity contribution in [2.45, 2.75) is 19.9 Å². The fourth-order valence-electron chi connectivity index (χ4n) is 2.71. The van der Waals surface area contributed by atoms with Gasteiger partial charge in [0, 0.05) is 11.9 Å². The highest BCUT2D eigenvalue weighted by atomic mass is 35.5. The average Bonchev–Trinajstić information content (AvgIpc) is 2.54. The molecule has 0 aromatic carbocycles. The van der Waals surface area contributed by atoms with Crippen LogP contribution in [0.2, 0.25) is 5.15 Å². The molecular formula is C16H15ClN4O4. The van der Waals surface area contributed by atoms with Gasteiger partial charge in [0.1, 0.15) is 10.8 Å². The first-order chi connectivity index (χ1) is 11.9. The smallest absolute Gasteiger partial charge is 0.338 e. The number of halogens is 1. The lowest BCUT2D eigenvalue weighted by Gasteiger charge is -2.27. The highest BCUT2D eigenvalue weighted by molar-refractivity contribution is 6.30. The van der Waals surface area contributed by atoms with Crippen molar-refractivity contribution in [2.24, 2.45) is 0 Å². The van der Waals surface area contributed by atoms with Crippen LogP contribution < -0.4 is 16.2 Å². The zero-order chi connectivity index (χ0) is 18.1. The van der Waals surface area contributed by atoms with Crippen molar-refractivity contribution in [3.63, 3.8) is 0 Å². The van der Waals surface area contributed by atoms with Crippen LogP contribution in [0, 0.1) is 0 Å². The molecule has 0 saturated heterocycles. The first kappa shape index (κ1) is 17.0. The molecule has 0 bridgehead atoms. The van der Waals surface area contributed by atoms with E-state index in [9.17, 15) is 14.4 Å². The summed E-state index contributed by atoms with van der Waals surface area (Å²) in [7, 11) is 0. The minimum Gasteiger partial charge on any atom is -0.463 e. The van der Waals surface area contributed by atoms with Crippen LogP contribution in [0.15, 0.2) is 40.5 Å². The van der Waals surface area contributed by atoms with E-state index in [1.54, 1.807) is 32.0 Å². The molecule has 1 atom stereocenters. The number of urea groups is 1. The molecule has 25 heavy (non-hydrogen) atoms. The Morgan fingerprint density at radius 3 is 2.88 bits per heavy atom. The van der Waals surface area contributed by atoms with Crippen LogP contribution in [-0.2, 0) is 9.53 Å². The topological polar surface area (TPSA) is 102 Å². The molecule has 8 nitrogen and oxygen atoms in total. The van der Waals surface area contributed by atoms with Gasteiger partial charge >= 0.3 is 12.0 Å². The first-order valence-corrected chi connectivity index (χ1v) is 7.94. The maximum Gasteiger partial charge on any atom is 0.338 e. The Labute approximate surface area is 147 Å². The molecule has 2 aromatic heterocycles. The van der Waals surface area contributed by atoms with Crippen LogP contribution in [0.5, 0.6) is 0 Å². The highest BCUT2D eigenvalue weighted by Crippen LogP contribution is 2.29. The first-order valence-electron chi connectivity index (χ1n) is 7.56. The van der Waals surface area contributed by atoms with Crippen LogP contribution in [0.3, 0.4) is 0 Å². The normalized spacial score (nSPS) is 17.2. The second kappa shape index (κ2) is 6.56. The molecule has 2 N–H and O–H groups in total. The number of pyridine rings is 1. The Hall–Kier alpha value is -2.87. The van der Waals surface area contributed by atoms with Gasteiger partial charge in [0.25, 0.3) is 5.56 Å². The summed E-state index contributed by atoms with van der Waals surface area (Å²) >= 11 is 6.21. The number of amides is 2. The summed E-state index contributed by atoms with van der Waals surface area (Å²) in [5.74, 6) is -0.647. The maximum atomic E-state index is 12.9. The van der Waals surface area contributed by atoms with Gasteiger partial charge in [0.05, 0.1) is 23.8 Å². The lowest BCUT2D eigenvalue weighted by molar-refractivity contribution is -0.139. The Kier molecular flexibility index (Phi) is 4.45. The van der Waals surface area contributed by atoms with Gasteiger partial charge in [-0.3, -0.25) is 9.20 Å². The van der Waals surface area contributed by atoms with E-state index in [4.69, 9.17) is 16.3 Å². The standard InChI is InChI=1S/C16H15ClN4O4/c1-3-25-15(23)10-8(2)18-16(24)20-12(10)11-13(17)19-9-6-4-5-7-21(9)14(11)22/h4-7,12H,3H2,1-2H3,(H2,18,20,24)/t12-/m1/s1. The van der Waals surface area contributed by atoms with Gasteiger partial charge in [-0.15, -0.1) is 0 Å². The van der Waals surface area contributed by atoms with Crippen molar-refractivity contribution in [2.75, 3.05) is 6.61 Å². The Bertz CT molecular complexity index is 966. The van der Waals surface area contributed by atoms with E-state index in [0.717, 1.165) is 0 Å². The lowest BCUT2D eigenvalue weighted by atomic mass is 9.97. The minimum atomic E-state index is -1.06. The molecule has 0 saturated carbocycles. The molecule has 0 unspecified atom stereocenters. The fraction of sp³-hybridized carbons (Fsp3) is 0.250. The number of nitrogens with zero attached hydrogens (tertiary/aromatic N) is 2. The van der Waals surface area contributed by atoms with E-state index >= 15 is 0 Å². The fourth-order valence-corrected chi connectivity index (χ4v) is 2.98. The zero-order valence-electron chi connectivity index (χ0n) is 13.5. The van der Waals surface area contributed by atoms with Crippen LogP contribution in [0.25, 0.3) is 5.65 Å². The van der Waals surface area contributed by atoms with Crippen molar-refractivity contribution in [3.8, 4) is 0 Å². The molecule has 0 fully saturated rings. The molecule has 3 heterocycles. The maximum absolute atomic E-state index is 12.9. The van der Waals surface area contributed by atoms with E-state index in [1.165, 1.54) is 10.6 Å². The quantitative estimate of drug-likeness (QED) is 0.637. The van der Waals surface area contributed by atoms with Gasteiger partial charge in [-0.2, -0.15) is 0 Å². The van der Waals surface area contributed by atoms with Crippen molar-refractivity contribution >= 4 is 29.2 Å². The number of nitrogens with one attached hydrogen (secondary N) is 2. The third-order valence-corrected chi connectivity index (χ3v) is 4.06. The summed E-state index contributed by atoms with van der Waals surface area (Å²) in [5.41, 5.74) is 0.291. The third-order valence-electron chi connectivity index (χ3n) is 3.78. The Balaban J connectivity index is 2.24. The summed E-state index contributed by atoms with van der Waals surface area (Å²) in [4.78, 5) is 41.3. The van der Waals surface area contributed by atoms with Crippen molar-refractivity contribution in [3.05, 3.63) is 56.7 Å². The van der Waals surface area contributed by atoms with E-state index < -0.39 is 23.6 Å². The SMILES string of the molecule is CCOC(=O)C1=C(C)NC(=O)N[C@H]1c1c(Cl)nc2ccccn2c1=O. The van der Waals surface area contributed by atoms with E-state index in [2.05, 4.69) is 15.6 Å².